The van der Waals surface area contributed by atoms with E-state index in [2.05, 4.69) is 15.3 Å². The number of nitrogens with two attached hydrogens (primary N) is 1. The number of carbonyl (C=O) groups excluding carboxylic acids is 1. The first kappa shape index (κ1) is 31.4. The molecule has 2 aromatic heterocycles. The van der Waals surface area contributed by atoms with Crippen molar-refractivity contribution in [3.8, 4) is 33.9 Å². The highest BCUT2D eigenvalue weighted by Crippen LogP contribution is 2.47. The lowest BCUT2D eigenvalue weighted by Gasteiger charge is -2.27. The van der Waals surface area contributed by atoms with Crippen LogP contribution in [0.1, 0.15) is 52.9 Å². The first-order chi connectivity index (χ1) is 21.8. The summed E-state index contributed by atoms with van der Waals surface area (Å²) in [6.45, 7) is 2.54. The molecule has 1 aliphatic heterocycles. The summed E-state index contributed by atoms with van der Waals surface area (Å²) in [6.07, 6.45) is -1.14. The molecule has 46 heavy (non-hydrogen) atoms. The minimum atomic E-state index is -4.83. The van der Waals surface area contributed by atoms with Gasteiger partial charge < -0.3 is 25.6 Å². The van der Waals surface area contributed by atoms with Gasteiger partial charge in [0.2, 0.25) is 0 Å². The lowest BCUT2D eigenvalue weighted by atomic mass is 9.81. The van der Waals surface area contributed by atoms with Crippen molar-refractivity contribution in [3.63, 3.8) is 0 Å². The van der Waals surface area contributed by atoms with Crippen molar-refractivity contribution in [2.45, 2.75) is 56.5 Å². The lowest BCUT2D eigenvalue weighted by molar-refractivity contribution is -0.149. The number of alkyl halides is 3. The second-order valence-electron chi connectivity index (χ2n) is 12.0. The summed E-state index contributed by atoms with van der Waals surface area (Å²) < 4.78 is 69.6. The van der Waals surface area contributed by atoms with Crippen LogP contribution in [0.15, 0.2) is 67.0 Å². The van der Waals surface area contributed by atoms with Crippen LogP contribution in [-0.4, -0.2) is 52.6 Å². The van der Waals surface area contributed by atoms with E-state index in [9.17, 15) is 27.5 Å². The molecule has 8 nitrogen and oxygen atoms in total. The Morgan fingerprint density at radius 2 is 1.87 bits per heavy atom. The van der Waals surface area contributed by atoms with Crippen molar-refractivity contribution in [1.29, 1.82) is 0 Å². The number of aromatic nitrogens is 2. The summed E-state index contributed by atoms with van der Waals surface area (Å²) in [4.78, 5) is 21.8. The molecule has 1 amide bonds. The van der Waals surface area contributed by atoms with Crippen molar-refractivity contribution in [1.82, 2.24) is 15.3 Å². The number of pyridine rings is 2. The number of rotatable bonds is 9. The number of hydrogen-bond donors (Lipinski definition) is 3. The molecule has 1 fully saturated rings. The van der Waals surface area contributed by atoms with E-state index in [-0.39, 0.29) is 35.3 Å². The molecule has 4 N–H and O–H groups in total. The smallest absolute Gasteiger partial charge is 0.398 e. The van der Waals surface area contributed by atoms with Gasteiger partial charge >= 0.3 is 6.18 Å². The van der Waals surface area contributed by atoms with Gasteiger partial charge in [0, 0.05) is 46.8 Å². The Hall–Kier alpha value is -4.55. The van der Waals surface area contributed by atoms with Crippen LogP contribution in [0.3, 0.4) is 0 Å². The van der Waals surface area contributed by atoms with Gasteiger partial charge in [0.15, 0.2) is 0 Å². The number of amides is 1. The molecule has 0 radical (unpaired) electrons. The fourth-order valence-corrected chi connectivity index (χ4v) is 5.40. The van der Waals surface area contributed by atoms with E-state index in [1.165, 1.54) is 30.3 Å². The topological polar surface area (TPSA) is 120 Å². The van der Waals surface area contributed by atoms with Gasteiger partial charge in [-0.3, -0.25) is 9.78 Å². The molecule has 12 heteroatoms. The van der Waals surface area contributed by atoms with E-state index in [1.54, 1.807) is 25.4 Å². The zero-order chi connectivity index (χ0) is 32.8. The molecule has 0 unspecified atom stereocenters. The van der Waals surface area contributed by atoms with Crippen LogP contribution in [0.5, 0.6) is 11.5 Å². The molecule has 3 atom stereocenters. The second kappa shape index (κ2) is 12.0. The minimum absolute atomic E-state index is 0.00679. The van der Waals surface area contributed by atoms with E-state index in [0.717, 1.165) is 41.7 Å². The molecule has 1 aliphatic carbocycles. The predicted octanol–water partition coefficient (Wildman–Crippen LogP) is 5.80. The van der Waals surface area contributed by atoms with Gasteiger partial charge in [-0.15, -0.1) is 0 Å². The zero-order valence-corrected chi connectivity index (χ0v) is 25.1. The number of aryl methyl sites for hydroxylation is 1. The highest BCUT2D eigenvalue weighted by Gasteiger charge is 2.47. The van der Waals surface area contributed by atoms with Crippen LogP contribution in [0.25, 0.3) is 22.4 Å². The maximum atomic E-state index is 14.7. The van der Waals surface area contributed by atoms with Crippen molar-refractivity contribution in [2.75, 3.05) is 13.2 Å². The highest BCUT2D eigenvalue weighted by atomic mass is 19.4. The van der Waals surface area contributed by atoms with Crippen LogP contribution in [0.4, 0.5) is 17.6 Å². The summed E-state index contributed by atoms with van der Waals surface area (Å²) >= 11 is 0. The molecular formula is C34H32F4N4O4. The third-order valence-electron chi connectivity index (χ3n) is 8.36. The molecule has 4 aromatic rings. The number of fused-ring (bicyclic) bond motifs is 1. The van der Waals surface area contributed by atoms with Crippen molar-refractivity contribution in [3.05, 3.63) is 95.2 Å². The maximum absolute atomic E-state index is 14.7. The number of hydrogen-bond acceptors (Lipinski definition) is 7. The predicted molar refractivity (Wildman–Crippen MR) is 162 cm³/mol. The first-order valence-corrected chi connectivity index (χ1v) is 14.8. The summed E-state index contributed by atoms with van der Waals surface area (Å²) in [7, 11) is 0. The Balaban J connectivity index is 1.33. The molecule has 0 saturated heterocycles. The third-order valence-corrected chi connectivity index (χ3v) is 8.36. The Morgan fingerprint density at radius 3 is 2.52 bits per heavy atom. The number of halogens is 4. The average molecular weight is 637 g/mol. The number of ether oxygens (including phenoxy) is 2. The minimum Gasteiger partial charge on any atom is -0.490 e. The molecule has 1 saturated carbocycles. The summed E-state index contributed by atoms with van der Waals surface area (Å²) in [5.41, 5.74) is 7.35. The quantitative estimate of drug-likeness (QED) is 0.157. The normalized spacial score (nSPS) is 18.8. The van der Waals surface area contributed by atoms with Crippen LogP contribution < -0.4 is 20.5 Å². The standard InChI is InChI=1S/C34H32F4N4O4/c1-18-11-21(15-40-14-18)24-10-5-20(12-28(24)46-23-8-9-23)31(43)41-16-26(34(36,37)38)27-13-25-30(45-17-33(25,2)32(39)44)29(42-27)19-3-6-22(35)7-4-19/h3-7,10-15,23,26,32,44H,8-9,16-17,39H2,1-2H3,(H,41,43)/t26-,32-,33+/m1/s1. The fraction of sp³-hybridized carbons (Fsp3) is 0.324. The Morgan fingerprint density at radius 1 is 1.13 bits per heavy atom. The van der Waals surface area contributed by atoms with Gasteiger partial charge in [0.05, 0.1) is 17.2 Å². The number of aliphatic hydroxyl groups is 1. The van der Waals surface area contributed by atoms with Crippen molar-refractivity contribution < 1.29 is 36.9 Å². The number of nitrogens with zero attached hydrogens (tertiary/aromatic N) is 2. The number of carbonyl (C=O) groups is 1. The van der Waals surface area contributed by atoms with E-state index in [1.807, 2.05) is 13.0 Å². The van der Waals surface area contributed by atoms with Crippen LogP contribution >= 0.6 is 0 Å². The van der Waals surface area contributed by atoms with Crippen LogP contribution in [0.2, 0.25) is 0 Å². The maximum Gasteiger partial charge on any atom is 0.398 e. The average Bonchev–Trinajstić information content (AvgIpc) is 3.76. The monoisotopic (exact) mass is 636 g/mol. The number of nitrogens with one attached hydrogen (secondary N) is 1. The summed E-state index contributed by atoms with van der Waals surface area (Å²) in [6, 6.07) is 13.0. The van der Waals surface area contributed by atoms with E-state index >= 15 is 0 Å². The third kappa shape index (κ3) is 6.27. The molecule has 240 valence electrons. The molecule has 6 rings (SSSR count). The molecular weight excluding hydrogens is 604 g/mol. The largest absolute Gasteiger partial charge is 0.490 e. The second-order valence-corrected chi connectivity index (χ2v) is 12.0. The van der Waals surface area contributed by atoms with E-state index in [0.29, 0.717) is 11.3 Å². The molecule has 0 spiro atoms. The Bertz CT molecular complexity index is 1780. The van der Waals surface area contributed by atoms with Crippen LogP contribution in [-0.2, 0) is 5.41 Å². The number of aliphatic hydroxyl groups excluding tert-OH is 1. The number of benzene rings is 2. The van der Waals surface area contributed by atoms with Gasteiger partial charge in [-0.25, -0.2) is 9.37 Å². The first-order valence-electron chi connectivity index (χ1n) is 14.8. The lowest BCUT2D eigenvalue weighted by Crippen LogP contribution is -2.44. The van der Waals surface area contributed by atoms with Gasteiger partial charge in [0.1, 0.15) is 41.8 Å². The van der Waals surface area contributed by atoms with Gasteiger partial charge in [-0.05, 0) is 86.8 Å². The molecule has 3 heterocycles. The SMILES string of the molecule is Cc1cncc(-c2ccc(C(=O)NC[C@H](c3cc4c(c(-c5ccc(F)cc5)n3)OC[C@]4(C)[C@H](N)O)C(F)(F)F)cc2OC2CC2)c1. The van der Waals surface area contributed by atoms with Gasteiger partial charge in [0.25, 0.3) is 5.91 Å². The Labute approximate surface area is 262 Å². The zero-order valence-electron chi connectivity index (χ0n) is 25.1. The Kier molecular flexibility index (Phi) is 8.20. The molecule has 0 bridgehead atoms. The van der Waals surface area contributed by atoms with E-state index < -0.39 is 47.7 Å². The van der Waals surface area contributed by atoms with E-state index in [4.69, 9.17) is 15.2 Å². The fourth-order valence-electron chi connectivity index (χ4n) is 5.40. The highest BCUT2D eigenvalue weighted by molar-refractivity contribution is 5.95. The van der Waals surface area contributed by atoms with Crippen molar-refractivity contribution in [2.24, 2.45) is 5.73 Å². The van der Waals surface area contributed by atoms with Gasteiger partial charge in [-0.2, -0.15) is 13.2 Å². The molecule has 2 aromatic carbocycles. The van der Waals surface area contributed by atoms with Gasteiger partial charge in [-0.1, -0.05) is 0 Å². The summed E-state index contributed by atoms with van der Waals surface area (Å²) in [5.74, 6) is -2.90. The summed E-state index contributed by atoms with van der Waals surface area (Å²) in [5, 5.41) is 12.8. The van der Waals surface area contributed by atoms with Crippen molar-refractivity contribution >= 4 is 5.91 Å². The molecule has 2 aliphatic rings. The van der Waals surface area contributed by atoms with Crippen LogP contribution in [0, 0.1) is 12.7 Å².